The fourth-order valence-corrected chi connectivity index (χ4v) is 4.23. The summed E-state index contributed by atoms with van der Waals surface area (Å²) in [6.45, 7) is 4.21. The van der Waals surface area contributed by atoms with Crippen molar-refractivity contribution in [2.75, 3.05) is 0 Å². The van der Waals surface area contributed by atoms with E-state index in [0.717, 1.165) is 40.0 Å². The summed E-state index contributed by atoms with van der Waals surface area (Å²) < 4.78 is 5.62. The number of aromatic nitrogens is 2. The Labute approximate surface area is 168 Å². The molecule has 1 saturated carbocycles. The average Bonchev–Trinajstić information content (AvgIpc) is 2.92. The number of hydrogen-bond donors (Lipinski definition) is 1. The molecule has 0 spiro atoms. The predicted molar refractivity (Wildman–Crippen MR) is 112 cm³/mol. The highest BCUT2D eigenvalue weighted by atomic mass is 35.5. The number of rotatable bonds is 5. The van der Waals surface area contributed by atoms with Crippen LogP contribution in [-0.2, 0) is 0 Å². The van der Waals surface area contributed by atoms with Gasteiger partial charge in [0.2, 0.25) is 0 Å². The maximum atomic E-state index is 9.91. The molecule has 0 aliphatic heterocycles. The van der Waals surface area contributed by atoms with Gasteiger partial charge in [-0.05, 0) is 75.4 Å². The lowest BCUT2D eigenvalue weighted by atomic mass is 9.92. The highest BCUT2D eigenvalue weighted by Crippen LogP contribution is 2.42. The lowest BCUT2D eigenvalue weighted by Crippen LogP contribution is -2.18. The minimum Gasteiger partial charge on any atom is -0.335 e. The summed E-state index contributed by atoms with van der Waals surface area (Å²) in [7, 11) is 0. The van der Waals surface area contributed by atoms with Crippen LogP contribution in [0.1, 0.15) is 44.7 Å². The van der Waals surface area contributed by atoms with Gasteiger partial charge in [-0.3, -0.25) is 9.71 Å². The van der Waals surface area contributed by atoms with Gasteiger partial charge >= 0.3 is 0 Å². The summed E-state index contributed by atoms with van der Waals surface area (Å²) >= 11 is 7.79. The zero-order valence-electron chi connectivity index (χ0n) is 15.4. The number of pyridine rings is 1. The molecule has 6 heteroatoms. The van der Waals surface area contributed by atoms with Gasteiger partial charge in [0.15, 0.2) is 0 Å². The van der Waals surface area contributed by atoms with Gasteiger partial charge in [-0.15, -0.1) is 0 Å². The Kier molecular flexibility index (Phi) is 5.14. The molecule has 1 aliphatic carbocycles. The Morgan fingerprint density at radius 3 is 2.70 bits per heavy atom. The number of benzene rings is 1. The molecule has 138 valence electrons. The topological polar surface area (TPSA) is 53.6 Å². The minimum absolute atomic E-state index is 0.394. The van der Waals surface area contributed by atoms with Crippen LogP contribution in [-0.4, -0.2) is 15.6 Å². The van der Waals surface area contributed by atoms with Crippen molar-refractivity contribution in [1.82, 2.24) is 14.3 Å². The molecular formula is C21H21ClN4S. The SMILES string of the molecule is CC(C)NSc1ccc(-c2c(C#N)c3cc(Cl)ccc3n2C2CCC2)nc1. The van der Waals surface area contributed by atoms with Crippen LogP contribution in [0.3, 0.4) is 0 Å². The summed E-state index contributed by atoms with van der Waals surface area (Å²) in [4.78, 5) is 5.74. The van der Waals surface area contributed by atoms with Gasteiger partial charge in [0.1, 0.15) is 6.07 Å². The molecule has 1 N–H and O–H groups in total. The van der Waals surface area contributed by atoms with Crippen LogP contribution in [0.2, 0.25) is 5.02 Å². The van der Waals surface area contributed by atoms with Crippen molar-refractivity contribution in [2.45, 2.75) is 50.1 Å². The van der Waals surface area contributed by atoms with Crippen molar-refractivity contribution >= 4 is 34.5 Å². The number of halogens is 1. The van der Waals surface area contributed by atoms with Gasteiger partial charge in [0.25, 0.3) is 0 Å². The van der Waals surface area contributed by atoms with Gasteiger partial charge in [-0.25, -0.2) is 0 Å². The van der Waals surface area contributed by atoms with E-state index >= 15 is 0 Å². The van der Waals surface area contributed by atoms with Crippen molar-refractivity contribution in [3.63, 3.8) is 0 Å². The van der Waals surface area contributed by atoms with Crippen LogP contribution >= 0.6 is 23.5 Å². The summed E-state index contributed by atoms with van der Waals surface area (Å²) in [5.41, 5.74) is 3.47. The molecule has 1 aromatic carbocycles. The first-order chi connectivity index (χ1) is 13.1. The van der Waals surface area contributed by atoms with Gasteiger partial charge < -0.3 is 4.57 Å². The summed E-state index contributed by atoms with van der Waals surface area (Å²) in [6.07, 6.45) is 5.36. The Balaban J connectivity index is 1.84. The molecule has 3 aromatic rings. The number of nitriles is 1. The molecule has 0 atom stereocenters. The normalized spacial score (nSPS) is 14.5. The summed E-state index contributed by atoms with van der Waals surface area (Å²) in [5, 5.41) is 11.5. The molecule has 27 heavy (non-hydrogen) atoms. The minimum atomic E-state index is 0.394. The van der Waals surface area contributed by atoms with Crippen molar-refractivity contribution in [1.29, 1.82) is 5.26 Å². The number of hydrogen-bond acceptors (Lipinski definition) is 4. The first-order valence-electron chi connectivity index (χ1n) is 9.21. The van der Waals surface area contributed by atoms with Crippen LogP contribution in [0.15, 0.2) is 41.4 Å². The second-order valence-corrected chi connectivity index (χ2v) is 8.55. The molecular weight excluding hydrogens is 376 g/mol. The van der Waals surface area contributed by atoms with Crippen LogP contribution < -0.4 is 4.72 Å². The third-order valence-electron chi connectivity index (χ3n) is 4.91. The first-order valence-corrected chi connectivity index (χ1v) is 10.4. The second-order valence-electron chi connectivity index (χ2n) is 7.21. The Hall–Kier alpha value is -2.00. The van der Waals surface area contributed by atoms with Crippen molar-refractivity contribution < 1.29 is 0 Å². The standard InChI is InChI=1S/C21H21ClN4S/c1-13(2)25-27-16-7-8-19(24-12-16)21-18(11-23)17-10-14(22)6-9-20(17)26(21)15-4-3-5-15/h6-10,12-13,15,25H,3-5H2,1-2H3. The molecule has 4 nitrogen and oxygen atoms in total. The molecule has 2 heterocycles. The maximum absolute atomic E-state index is 9.91. The lowest BCUT2D eigenvalue weighted by Gasteiger charge is -2.30. The highest BCUT2D eigenvalue weighted by molar-refractivity contribution is 7.97. The molecule has 0 unspecified atom stereocenters. The Bertz CT molecular complexity index is 1010. The van der Waals surface area contributed by atoms with Gasteiger partial charge in [0, 0.05) is 33.6 Å². The van der Waals surface area contributed by atoms with Crippen LogP contribution in [0.4, 0.5) is 0 Å². The van der Waals surface area contributed by atoms with E-state index in [2.05, 4.69) is 40.3 Å². The monoisotopic (exact) mass is 396 g/mol. The van der Waals surface area contributed by atoms with Crippen LogP contribution in [0.25, 0.3) is 22.3 Å². The summed E-state index contributed by atoms with van der Waals surface area (Å²) in [6, 6.07) is 13.1. The maximum Gasteiger partial charge on any atom is 0.102 e. The smallest absolute Gasteiger partial charge is 0.102 e. The van der Waals surface area contributed by atoms with E-state index in [1.807, 2.05) is 30.5 Å². The third-order valence-corrected chi connectivity index (χ3v) is 6.21. The van der Waals surface area contributed by atoms with E-state index in [1.54, 1.807) is 11.9 Å². The number of nitrogens with zero attached hydrogens (tertiary/aromatic N) is 3. The molecule has 2 aromatic heterocycles. The van der Waals surface area contributed by atoms with E-state index < -0.39 is 0 Å². The van der Waals surface area contributed by atoms with E-state index in [-0.39, 0.29) is 0 Å². The predicted octanol–water partition coefficient (Wildman–Crippen LogP) is 5.96. The van der Waals surface area contributed by atoms with Gasteiger partial charge in [-0.1, -0.05) is 11.6 Å². The van der Waals surface area contributed by atoms with E-state index in [1.165, 1.54) is 6.42 Å². The molecule has 1 aliphatic rings. The average molecular weight is 397 g/mol. The van der Waals surface area contributed by atoms with E-state index in [9.17, 15) is 5.26 Å². The Morgan fingerprint density at radius 1 is 1.30 bits per heavy atom. The molecule has 0 radical (unpaired) electrons. The fraction of sp³-hybridized carbons (Fsp3) is 0.333. The van der Waals surface area contributed by atoms with Crippen LogP contribution in [0, 0.1) is 11.3 Å². The quantitative estimate of drug-likeness (QED) is 0.540. The zero-order chi connectivity index (χ0) is 19.0. The summed E-state index contributed by atoms with van der Waals surface area (Å²) in [5.74, 6) is 0. The molecule has 4 rings (SSSR count). The largest absolute Gasteiger partial charge is 0.335 e. The second kappa shape index (κ2) is 7.55. The van der Waals surface area contributed by atoms with Crippen molar-refractivity contribution in [2.24, 2.45) is 0 Å². The van der Waals surface area contributed by atoms with Crippen molar-refractivity contribution in [3.05, 3.63) is 47.1 Å². The molecule has 0 bridgehead atoms. The zero-order valence-corrected chi connectivity index (χ0v) is 16.9. The number of nitrogens with one attached hydrogen (secondary N) is 1. The van der Waals surface area contributed by atoms with Crippen molar-refractivity contribution in [3.8, 4) is 17.5 Å². The molecule has 0 saturated heterocycles. The number of fused-ring (bicyclic) bond motifs is 1. The Morgan fingerprint density at radius 2 is 2.11 bits per heavy atom. The lowest BCUT2D eigenvalue weighted by molar-refractivity contribution is 0.324. The highest BCUT2D eigenvalue weighted by Gasteiger charge is 2.28. The van der Waals surface area contributed by atoms with Gasteiger partial charge in [0.05, 0.1) is 22.5 Å². The van der Waals surface area contributed by atoms with E-state index in [0.29, 0.717) is 22.7 Å². The fourth-order valence-electron chi connectivity index (χ4n) is 3.44. The van der Waals surface area contributed by atoms with E-state index in [4.69, 9.17) is 11.6 Å². The molecule has 0 amide bonds. The van der Waals surface area contributed by atoms with Gasteiger partial charge in [-0.2, -0.15) is 5.26 Å². The third kappa shape index (κ3) is 3.45. The molecule has 1 fully saturated rings. The van der Waals surface area contributed by atoms with Crippen LogP contribution in [0.5, 0.6) is 0 Å². The first kappa shape index (κ1) is 18.4.